The van der Waals surface area contributed by atoms with E-state index in [2.05, 4.69) is 123 Å². The van der Waals surface area contributed by atoms with E-state index in [0.717, 1.165) is 67.7 Å². The Morgan fingerprint density at radius 1 is 1.00 bits per heavy atom. The minimum Gasteiger partial charge on any atom is -0.357 e. The van der Waals surface area contributed by atoms with E-state index in [-0.39, 0.29) is 15.9 Å². The SMILES string of the molecule is C=C1CS(=C)c2ncc(-c3ccc(NC(=C)Nc4cc(C(C)(C)C)ccc4CC)c4ccccc34)cc2N1. The van der Waals surface area contributed by atoms with Crippen LogP contribution in [-0.4, -0.2) is 16.6 Å². The average Bonchev–Trinajstić information content (AvgIpc) is 2.88. The Balaban J connectivity index is 1.46. The van der Waals surface area contributed by atoms with Crippen molar-refractivity contribution in [3.8, 4) is 11.1 Å². The van der Waals surface area contributed by atoms with Crippen molar-refractivity contribution in [2.75, 3.05) is 21.7 Å². The highest BCUT2D eigenvalue weighted by molar-refractivity contribution is 8.14. The van der Waals surface area contributed by atoms with Gasteiger partial charge in [0.2, 0.25) is 0 Å². The second-order valence-electron chi connectivity index (χ2n) is 10.9. The van der Waals surface area contributed by atoms with Gasteiger partial charge in [0.25, 0.3) is 0 Å². The van der Waals surface area contributed by atoms with Crippen LogP contribution >= 0.6 is 10.5 Å². The number of nitrogens with one attached hydrogen (secondary N) is 3. The molecule has 0 saturated heterocycles. The molecule has 4 nitrogen and oxygen atoms in total. The summed E-state index contributed by atoms with van der Waals surface area (Å²) in [6, 6.07) is 21.6. The van der Waals surface area contributed by atoms with Crippen LogP contribution in [0.3, 0.4) is 0 Å². The second kappa shape index (κ2) is 10.1. The summed E-state index contributed by atoms with van der Waals surface area (Å²) in [7, 11) is -0.174. The normalized spacial score (nSPS) is 15.1. The van der Waals surface area contributed by atoms with Crippen LogP contribution in [0.25, 0.3) is 21.9 Å². The molecule has 2 heterocycles. The van der Waals surface area contributed by atoms with Crippen LogP contribution in [0, 0.1) is 0 Å². The zero-order valence-electron chi connectivity index (χ0n) is 22.7. The van der Waals surface area contributed by atoms with Crippen LogP contribution in [0.1, 0.15) is 38.8 Å². The zero-order chi connectivity index (χ0) is 27.0. The summed E-state index contributed by atoms with van der Waals surface area (Å²) in [6.45, 7) is 17.3. The van der Waals surface area contributed by atoms with E-state index in [1.165, 1.54) is 11.1 Å². The summed E-state index contributed by atoms with van der Waals surface area (Å²) in [6.07, 6.45) is 2.91. The Hall–Kier alpha value is -3.83. The summed E-state index contributed by atoms with van der Waals surface area (Å²) < 4.78 is 0. The molecule has 4 aromatic rings. The topological polar surface area (TPSA) is 49.0 Å². The molecular weight excluding hydrogens is 484 g/mol. The Bertz CT molecular complexity index is 1590. The fourth-order valence-electron chi connectivity index (χ4n) is 4.91. The van der Waals surface area contributed by atoms with Crippen LogP contribution < -0.4 is 16.0 Å². The highest BCUT2D eigenvalue weighted by Crippen LogP contribution is 2.40. The number of aromatic nitrogens is 1. The molecule has 1 atom stereocenters. The maximum atomic E-state index is 4.78. The van der Waals surface area contributed by atoms with Crippen molar-refractivity contribution in [3.05, 3.63) is 103 Å². The minimum absolute atomic E-state index is 0.0762. The molecule has 5 rings (SSSR count). The predicted molar refractivity (Wildman–Crippen MR) is 169 cm³/mol. The summed E-state index contributed by atoms with van der Waals surface area (Å²) in [5.41, 5.74) is 8.93. The summed E-state index contributed by atoms with van der Waals surface area (Å²) >= 11 is 0. The molecule has 194 valence electrons. The molecule has 1 aliphatic heterocycles. The number of benzene rings is 3. The Morgan fingerprint density at radius 3 is 2.47 bits per heavy atom. The van der Waals surface area contributed by atoms with Gasteiger partial charge in [-0.05, 0) is 52.1 Å². The number of aryl methyl sites for hydroxylation is 1. The van der Waals surface area contributed by atoms with Crippen molar-refractivity contribution in [2.24, 2.45) is 0 Å². The first kappa shape index (κ1) is 25.8. The van der Waals surface area contributed by atoms with Crippen LogP contribution in [0.2, 0.25) is 0 Å². The third kappa shape index (κ3) is 5.11. The fraction of sp³-hybridized carbons (Fsp3) is 0.212. The molecular formula is C33H36N4S. The van der Waals surface area contributed by atoms with Gasteiger partial charge in [-0.25, -0.2) is 4.98 Å². The van der Waals surface area contributed by atoms with E-state index < -0.39 is 0 Å². The summed E-state index contributed by atoms with van der Waals surface area (Å²) in [4.78, 5) is 4.78. The van der Waals surface area contributed by atoms with Crippen molar-refractivity contribution in [1.29, 1.82) is 0 Å². The molecule has 0 saturated carbocycles. The largest absolute Gasteiger partial charge is 0.357 e. The van der Waals surface area contributed by atoms with Gasteiger partial charge in [-0.1, -0.05) is 89.2 Å². The van der Waals surface area contributed by atoms with Crippen LogP contribution in [0.5, 0.6) is 0 Å². The molecule has 0 fully saturated rings. The van der Waals surface area contributed by atoms with Gasteiger partial charge in [0.1, 0.15) is 10.8 Å². The molecule has 0 radical (unpaired) electrons. The van der Waals surface area contributed by atoms with Gasteiger partial charge in [0, 0.05) is 40.0 Å². The highest BCUT2D eigenvalue weighted by Gasteiger charge is 2.18. The van der Waals surface area contributed by atoms with E-state index in [4.69, 9.17) is 4.98 Å². The molecule has 0 bridgehead atoms. The van der Waals surface area contributed by atoms with Gasteiger partial charge in [0.15, 0.2) is 0 Å². The van der Waals surface area contributed by atoms with Crippen LogP contribution in [0.15, 0.2) is 96.6 Å². The first-order chi connectivity index (χ1) is 18.1. The Morgan fingerprint density at radius 2 is 1.74 bits per heavy atom. The van der Waals surface area contributed by atoms with Gasteiger partial charge in [-0.2, -0.15) is 0 Å². The number of rotatable bonds is 6. The Kier molecular flexibility index (Phi) is 6.89. The molecule has 0 spiro atoms. The highest BCUT2D eigenvalue weighted by atomic mass is 32.2. The van der Waals surface area contributed by atoms with Gasteiger partial charge in [0.05, 0.1) is 5.69 Å². The Labute approximate surface area is 228 Å². The second-order valence-corrected chi connectivity index (χ2v) is 12.5. The standard InChI is InChI=1S/C33H36N4S/c1-8-23-13-14-25(33(4,5)6)18-30(23)37-22(3)36-29-16-15-26(27-11-9-10-12-28(27)29)24-17-31-32(34-19-24)38(7)20-21(2)35-31/h9-19,35-37H,2-3,7-8,20H2,1,4-6H3. The van der Waals surface area contributed by atoms with Crippen LogP contribution in [-0.2, 0) is 11.8 Å². The smallest absolute Gasteiger partial charge is 0.114 e. The fourth-order valence-corrected chi connectivity index (χ4v) is 6.16. The van der Waals surface area contributed by atoms with Crippen molar-refractivity contribution in [1.82, 2.24) is 4.98 Å². The van der Waals surface area contributed by atoms with Crippen molar-refractivity contribution < 1.29 is 0 Å². The lowest BCUT2D eigenvalue weighted by molar-refractivity contribution is 0.590. The molecule has 38 heavy (non-hydrogen) atoms. The first-order valence-corrected chi connectivity index (χ1v) is 14.5. The first-order valence-electron chi connectivity index (χ1n) is 13.0. The number of nitrogens with zero attached hydrogens (tertiary/aromatic N) is 1. The summed E-state index contributed by atoms with van der Waals surface area (Å²) in [5.74, 6) is 5.85. The van der Waals surface area contributed by atoms with Crippen molar-refractivity contribution in [2.45, 2.75) is 44.6 Å². The monoisotopic (exact) mass is 520 g/mol. The van der Waals surface area contributed by atoms with E-state index in [9.17, 15) is 0 Å². The number of pyridine rings is 1. The van der Waals surface area contributed by atoms with E-state index in [0.29, 0.717) is 0 Å². The van der Waals surface area contributed by atoms with Crippen LogP contribution in [0.4, 0.5) is 17.1 Å². The molecule has 3 aromatic carbocycles. The molecule has 0 aliphatic carbocycles. The minimum atomic E-state index is -0.174. The van der Waals surface area contributed by atoms with Gasteiger partial charge >= 0.3 is 0 Å². The number of hydrogen-bond donors (Lipinski definition) is 3. The third-order valence-corrected chi connectivity index (χ3v) is 8.52. The molecule has 1 unspecified atom stereocenters. The van der Waals surface area contributed by atoms with Gasteiger partial charge < -0.3 is 16.0 Å². The molecule has 1 aromatic heterocycles. The molecule has 1 aliphatic rings. The lowest BCUT2D eigenvalue weighted by atomic mass is 9.86. The van der Waals surface area contributed by atoms with Crippen molar-refractivity contribution in [3.63, 3.8) is 0 Å². The molecule has 0 amide bonds. The number of anilines is 3. The van der Waals surface area contributed by atoms with E-state index in [1.807, 2.05) is 6.20 Å². The van der Waals surface area contributed by atoms with E-state index in [1.54, 1.807) is 0 Å². The molecule has 5 heteroatoms. The van der Waals surface area contributed by atoms with Gasteiger partial charge in [-0.15, -0.1) is 10.5 Å². The zero-order valence-corrected chi connectivity index (χ0v) is 23.6. The molecule has 3 N–H and O–H groups in total. The lowest BCUT2D eigenvalue weighted by Gasteiger charge is -2.23. The lowest BCUT2D eigenvalue weighted by Crippen LogP contribution is -2.14. The number of fused-ring (bicyclic) bond motifs is 2. The van der Waals surface area contributed by atoms with Gasteiger partial charge in [-0.3, -0.25) is 0 Å². The number of hydrogen-bond acceptors (Lipinski definition) is 4. The maximum absolute atomic E-state index is 4.78. The third-order valence-electron chi connectivity index (χ3n) is 6.95. The average molecular weight is 521 g/mol. The summed E-state index contributed by atoms with van der Waals surface area (Å²) in [5, 5.41) is 13.8. The van der Waals surface area contributed by atoms with Crippen molar-refractivity contribution >= 4 is 44.2 Å². The van der Waals surface area contributed by atoms with E-state index >= 15 is 0 Å². The quantitative estimate of drug-likeness (QED) is 0.222. The predicted octanol–water partition coefficient (Wildman–Crippen LogP) is 8.76. The maximum Gasteiger partial charge on any atom is 0.114 e.